The Labute approximate surface area is 184 Å². The molecule has 1 fully saturated rings. The van der Waals surface area contributed by atoms with Gasteiger partial charge in [-0.05, 0) is 43.2 Å². The van der Waals surface area contributed by atoms with Crippen molar-refractivity contribution in [2.75, 3.05) is 19.7 Å². The number of hydrogen-bond donors (Lipinski definition) is 0. The molecule has 1 aromatic carbocycles. The topological polar surface area (TPSA) is 125 Å². The molecule has 0 spiro atoms. The Hall–Kier alpha value is -3.31. The summed E-state index contributed by atoms with van der Waals surface area (Å²) in [6.45, 7) is 0.419. The van der Waals surface area contributed by atoms with Crippen molar-refractivity contribution in [2.24, 2.45) is 14.1 Å². The monoisotopic (exact) mass is 461 g/mol. The van der Waals surface area contributed by atoms with Crippen LogP contribution in [0.25, 0.3) is 6.08 Å². The number of rotatable bonds is 7. The predicted molar refractivity (Wildman–Crippen MR) is 116 cm³/mol. The molecule has 32 heavy (non-hydrogen) atoms. The Bertz CT molecular complexity index is 1280. The van der Waals surface area contributed by atoms with Gasteiger partial charge in [-0.3, -0.25) is 14.2 Å². The maximum absolute atomic E-state index is 12.5. The number of esters is 1. The van der Waals surface area contributed by atoms with E-state index in [4.69, 9.17) is 4.74 Å². The summed E-state index contributed by atoms with van der Waals surface area (Å²) in [5, 5.41) is 0. The Morgan fingerprint density at radius 2 is 1.69 bits per heavy atom. The van der Waals surface area contributed by atoms with E-state index < -0.39 is 39.6 Å². The minimum Gasteiger partial charge on any atom is -0.454 e. The molecule has 1 aliphatic rings. The third kappa shape index (κ3) is 4.94. The SMILES string of the molecule is Cn1cc(/C=C/C(=O)OCC(=O)c2ccc(S(=O)(=O)N3CCCC3)cc2)c(=O)n(C)c1=O. The number of hydrogen-bond acceptors (Lipinski definition) is 7. The highest BCUT2D eigenvalue weighted by molar-refractivity contribution is 7.89. The number of aryl methyl sites for hydroxylation is 1. The highest BCUT2D eigenvalue weighted by Gasteiger charge is 2.27. The van der Waals surface area contributed by atoms with Crippen LogP contribution < -0.4 is 11.2 Å². The third-order valence-electron chi connectivity index (χ3n) is 5.10. The molecule has 0 unspecified atom stereocenters. The van der Waals surface area contributed by atoms with Gasteiger partial charge in [0.1, 0.15) is 0 Å². The van der Waals surface area contributed by atoms with Crippen LogP contribution in [0.1, 0.15) is 28.8 Å². The zero-order valence-corrected chi connectivity index (χ0v) is 18.5. The maximum Gasteiger partial charge on any atom is 0.331 e. The van der Waals surface area contributed by atoms with Gasteiger partial charge in [0.25, 0.3) is 5.56 Å². The highest BCUT2D eigenvalue weighted by Crippen LogP contribution is 2.21. The molecule has 0 radical (unpaired) electrons. The van der Waals surface area contributed by atoms with Gasteiger partial charge >= 0.3 is 11.7 Å². The standard InChI is InChI=1S/C21H23N3O7S/c1-22-13-16(20(27)23(2)21(22)28)7-10-19(26)31-14-18(25)15-5-8-17(9-6-15)32(29,30)24-11-3-4-12-24/h5-10,13H,3-4,11-12,14H2,1-2H3/b10-7+. The summed E-state index contributed by atoms with van der Waals surface area (Å²) in [7, 11) is -0.784. The first-order chi connectivity index (χ1) is 15.1. The molecule has 1 saturated heterocycles. The Kier molecular flexibility index (Phi) is 6.90. The second-order valence-corrected chi connectivity index (χ2v) is 9.28. The second kappa shape index (κ2) is 9.45. The lowest BCUT2D eigenvalue weighted by Crippen LogP contribution is -2.37. The van der Waals surface area contributed by atoms with Crippen molar-refractivity contribution >= 4 is 27.9 Å². The molecule has 2 heterocycles. The number of ketones is 1. The minimum absolute atomic E-state index is 0.104. The van der Waals surface area contributed by atoms with Crippen LogP contribution in [0.15, 0.2) is 51.0 Å². The molecular formula is C21H23N3O7S. The van der Waals surface area contributed by atoms with E-state index in [-0.39, 0.29) is 16.0 Å². The van der Waals surface area contributed by atoms with Crippen LogP contribution in [0, 0.1) is 0 Å². The molecule has 0 saturated carbocycles. The quantitative estimate of drug-likeness (QED) is 0.330. The number of ether oxygens (including phenoxy) is 1. The molecule has 0 N–H and O–H groups in total. The van der Waals surface area contributed by atoms with Gasteiger partial charge in [0.15, 0.2) is 12.4 Å². The molecule has 0 bridgehead atoms. The van der Waals surface area contributed by atoms with E-state index in [0.29, 0.717) is 13.1 Å². The Morgan fingerprint density at radius 1 is 1.06 bits per heavy atom. The van der Waals surface area contributed by atoms with Crippen molar-refractivity contribution in [3.8, 4) is 0 Å². The fourth-order valence-corrected chi connectivity index (χ4v) is 4.78. The molecule has 0 aliphatic carbocycles. The molecule has 0 amide bonds. The van der Waals surface area contributed by atoms with Crippen molar-refractivity contribution in [2.45, 2.75) is 17.7 Å². The van der Waals surface area contributed by atoms with Crippen molar-refractivity contribution in [3.05, 3.63) is 68.5 Å². The number of Topliss-reactive ketones (excluding diaryl/α,β-unsaturated/α-hetero) is 1. The lowest BCUT2D eigenvalue weighted by atomic mass is 10.1. The van der Waals surface area contributed by atoms with Gasteiger partial charge in [-0.1, -0.05) is 0 Å². The average molecular weight is 461 g/mol. The number of carbonyl (C=O) groups excluding carboxylic acids is 2. The largest absolute Gasteiger partial charge is 0.454 e. The maximum atomic E-state index is 12.5. The van der Waals surface area contributed by atoms with Crippen molar-refractivity contribution < 1.29 is 22.7 Å². The molecule has 11 heteroatoms. The van der Waals surface area contributed by atoms with Gasteiger partial charge in [-0.2, -0.15) is 4.31 Å². The highest BCUT2D eigenvalue weighted by atomic mass is 32.2. The van der Waals surface area contributed by atoms with Crippen LogP contribution in [-0.2, 0) is 33.7 Å². The fourth-order valence-electron chi connectivity index (χ4n) is 3.27. The van der Waals surface area contributed by atoms with Crippen LogP contribution in [0.3, 0.4) is 0 Å². The van der Waals surface area contributed by atoms with E-state index in [0.717, 1.165) is 23.5 Å². The molecule has 170 valence electrons. The van der Waals surface area contributed by atoms with Gasteiger partial charge < -0.3 is 9.30 Å². The summed E-state index contributed by atoms with van der Waals surface area (Å²) in [5.41, 5.74) is -0.765. The minimum atomic E-state index is -3.57. The van der Waals surface area contributed by atoms with E-state index in [2.05, 4.69) is 0 Å². The van der Waals surface area contributed by atoms with Gasteiger partial charge in [-0.25, -0.2) is 18.0 Å². The number of sulfonamides is 1. The summed E-state index contributed by atoms with van der Waals surface area (Å²) >= 11 is 0. The number of benzene rings is 1. The molecule has 1 aliphatic heterocycles. The first kappa shape index (κ1) is 23.4. The lowest BCUT2D eigenvalue weighted by Gasteiger charge is -2.15. The predicted octanol–water partition coefficient (Wildman–Crippen LogP) is 0.308. The van der Waals surface area contributed by atoms with E-state index in [1.807, 2.05) is 0 Å². The first-order valence-corrected chi connectivity index (χ1v) is 11.3. The van der Waals surface area contributed by atoms with Crippen molar-refractivity contribution in [1.29, 1.82) is 0 Å². The van der Waals surface area contributed by atoms with E-state index in [9.17, 15) is 27.6 Å². The van der Waals surface area contributed by atoms with Crippen molar-refractivity contribution in [3.63, 3.8) is 0 Å². The van der Waals surface area contributed by atoms with Crippen LogP contribution >= 0.6 is 0 Å². The normalized spacial score (nSPS) is 14.7. The van der Waals surface area contributed by atoms with Gasteiger partial charge in [-0.15, -0.1) is 0 Å². The van der Waals surface area contributed by atoms with Gasteiger partial charge in [0.2, 0.25) is 10.0 Å². The molecule has 0 atom stereocenters. The van der Waals surface area contributed by atoms with Crippen molar-refractivity contribution in [1.82, 2.24) is 13.4 Å². The molecule has 1 aromatic heterocycles. The molecular weight excluding hydrogens is 438 g/mol. The smallest absolute Gasteiger partial charge is 0.331 e. The summed E-state index contributed by atoms with van der Waals surface area (Å²) in [6, 6.07) is 5.47. The zero-order chi connectivity index (χ0) is 23.5. The zero-order valence-electron chi connectivity index (χ0n) is 17.7. The Balaban J connectivity index is 1.61. The average Bonchev–Trinajstić information content (AvgIpc) is 3.33. The van der Waals surface area contributed by atoms with Crippen LogP contribution in [0.4, 0.5) is 0 Å². The van der Waals surface area contributed by atoms with E-state index in [1.165, 1.54) is 59.5 Å². The van der Waals surface area contributed by atoms with Crippen LogP contribution in [-0.4, -0.2) is 53.3 Å². The molecule has 2 aromatic rings. The summed E-state index contributed by atoms with van der Waals surface area (Å²) in [4.78, 5) is 48.0. The molecule has 3 rings (SSSR count). The number of aromatic nitrogens is 2. The summed E-state index contributed by atoms with van der Waals surface area (Å²) in [5.74, 6) is -1.35. The third-order valence-corrected chi connectivity index (χ3v) is 7.01. The van der Waals surface area contributed by atoms with Crippen LogP contribution in [0.5, 0.6) is 0 Å². The van der Waals surface area contributed by atoms with Gasteiger partial charge in [0.05, 0.1) is 10.5 Å². The lowest BCUT2D eigenvalue weighted by molar-refractivity contribution is -0.136. The first-order valence-electron chi connectivity index (χ1n) is 9.86. The number of nitrogens with zero attached hydrogens (tertiary/aromatic N) is 3. The van der Waals surface area contributed by atoms with Crippen LogP contribution in [0.2, 0.25) is 0 Å². The Morgan fingerprint density at radius 3 is 2.31 bits per heavy atom. The van der Waals surface area contributed by atoms with Gasteiger partial charge in [0, 0.05) is 45.0 Å². The second-order valence-electron chi connectivity index (χ2n) is 7.34. The van der Waals surface area contributed by atoms with E-state index >= 15 is 0 Å². The summed E-state index contributed by atoms with van der Waals surface area (Å²) in [6.07, 6.45) is 5.13. The molecule has 10 nitrogen and oxygen atoms in total. The fraction of sp³-hybridized carbons (Fsp3) is 0.333. The van der Waals surface area contributed by atoms with E-state index in [1.54, 1.807) is 0 Å². The summed E-state index contributed by atoms with van der Waals surface area (Å²) < 4.78 is 33.5. The number of carbonyl (C=O) groups is 2.